The Morgan fingerprint density at radius 1 is 1.00 bits per heavy atom. The van der Waals surface area contributed by atoms with Gasteiger partial charge in [-0.3, -0.25) is 10.2 Å². The molecule has 132 valence electrons. The minimum atomic E-state index is -0.00605. The van der Waals surface area contributed by atoms with Crippen LogP contribution in [0.1, 0.15) is 24.4 Å². The SMILES string of the molecule is Cl.O=C(C1CNNC1c1ccccc1)N1CC[C@@H]2CNC[C@@H]2CC1. The van der Waals surface area contributed by atoms with E-state index in [9.17, 15) is 4.79 Å². The third-order valence-electron chi connectivity index (χ3n) is 5.79. The van der Waals surface area contributed by atoms with E-state index in [1.54, 1.807) is 0 Å². The number of halogens is 1. The number of hydrogen-bond acceptors (Lipinski definition) is 4. The Labute approximate surface area is 149 Å². The second-order valence-corrected chi connectivity index (χ2v) is 7.10. The van der Waals surface area contributed by atoms with E-state index in [4.69, 9.17) is 0 Å². The molecule has 3 saturated heterocycles. The molecule has 0 radical (unpaired) electrons. The number of hydrazine groups is 1. The van der Waals surface area contributed by atoms with E-state index >= 15 is 0 Å². The van der Waals surface area contributed by atoms with Crippen LogP contribution in [0, 0.1) is 17.8 Å². The highest BCUT2D eigenvalue weighted by atomic mass is 35.5. The molecule has 3 aliphatic heterocycles. The Balaban J connectivity index is 0.00000169. The number of carbonyl (C=O) groups is 1. The number of nitrogens with zero attached hydrogens (tertiary/aromatic N) is 1. The Morgan fingerprint density at radius 2 is 1.67 bits per heavy atom. The zero-order valence-electron chi connectivity index (χ0n) is 13.9. The minimum Gasteiger partial charge on any atom is -0.342 e. The Kier molecular flexibility index (Phi) is 5.76. The molecule has 0 bridgehead atoms. The summed E-state index contributed by atoms with van der Waals surface area (Å²) in [6.07, 6.45) is 2.29. The molecule has 5 nitrogen and oxygen atoms in total. The molecule has 2 unspecified atom stereocenters. The summed E-state index contributed by atoms with van der Waals surface area (Å²) in [5, 5.41) is 3.50. The van der Waals surface area contributed by atoms with E-state index in [1.807, 2.05) is 18.2 Å². The Morgan fingerprint density at radius 3 is 2.33 bits per heavy atom. The maximum atomic E-state index is 13.1. The van der Waals surface area contributed by atoms with Crippen molar-refractivity contribution in [2.75, 3.05) is 32.7 Å². The van der Waals surface area contributed by atoms with Crippen molar-refractivity contribution in [1.29, 1.82) is 0 Å². The average molecular weight is 351 g/mol. The van der Waals surface area contributed by atoms with Gasteiger partial charge in [-0.2, -0.15) is 0 Å². The number of nitrogens with one attached hydrogen (secondary N) is 3. The van der Waals surface area contributed by atoms with Gasteiger partial charge in [-0.05, 0) is 43.3 Å². The molecule has 3 fully saturated rings. The summed E-state index contributed by atoms with van der Waals surface area (Å²) in [5.74, 6) is 1.83. The lowest BCUT2D eigenvalue weighted by Crippen LogP contribution is -2.40. The van der Waals surface area contributed by atoms with Crippen molar-refractivity contribution in [2.24, 2.45) is 17.8 Å². The van der Waals surface area contributed by atoms with E-state index in [2.05, 4.69) is 33.2 Å². The van der Waals surface area contributed by atoms with E-state index in [0.29, 0.717) is 12.5 Å². The molecule has 0 aliphatic carbocycles. The second kappa shape index (κ2) is 7.83. The normalized spacial score (nSPS) is 32.8. The molecule has 4 rings (SSSR count). The van der Waals surface area contributed by atoms with Gasteiger partial charge in [0.25, 0.3) is 0 Å². The van der Waals surface area contributed by atoms with Crippen molar-refractivity contribution in [2.45, 2.75) is 18.9 Å². The van der Waals surface area contributed by atoms with Crippen molar-refractivity contribution in [3.05, 3.63) is 35.9 Å². The number of likely N-dealkylation sites (tertiary alicyclic amines) is 1. The lowest BCUT2D eigenvalue weighted by atomic mass is 9.92. The van der Waals surface area contributed by atoms with Gasteiger partial charge in [0.2, 0.25) is 5.91 Å². The number of amides is 1. The minimum absolute atomic E-state index is 0. The molecule has 1 aromatic carbocycles. The molecule has 3 aliphatic rings. The van der Waals surface area contributed by atoms with Crippen LogP contribution in [-0.4, -0.2) is 43.5 Å². The lowest BCUT2D eigenvalue weighted by Gasteiger charge is -2.27. The Hall–Kier alpha value is -1.14. The maximum absolute atomic E-state index is 13.1. The fourth-order valence-electron chi connectivity index (χ4n) is 4.38. The molecule has 6 heteroatoms. The van der Waals surface area contributed by atoms with Crippen LogP contribution < -0.4 is 16.2 Å². The van der Waals surface area contributed by atoms with Crippen LogP contribution in [0.3, 0.4) is 0 Å². The summed E-state index contributed by atoms with van der Waals surface area (Å²) < 4.78 is 0. The molecule has 3 heterocycles. The second-order valence-electron chi connectivity index (χ2n) is 7.10. The summed E-state index contributed by atoms with van der Waals surface area (Å²) >= 11 is 0. The zero-order valence-corrected chi connectivity index (χ0v) is 14.7. The van der Waals surface area contributed by atoms with Crippen LogP contribution in [-0.2, 0) is 4.79 Å². The van der Waals surface area contributed by atoms with Gasteiger partial charge in [0, 0.05) is 19.6 Å². The predicted octanol–water partition coefficient (Wildman–Crippen LogP) is 1.33. The molecule has 24 heavy (non-hydrogen) atoms. The first-order chi connectivity index (χ1) is 11.3. The first-order valence-electron chi connectivity index (χ1n) is 8.86. The summed E-state index contributed by atoms with van der Waals surface area (Å²) in [7, 11) is 0. The van der Waals surface area contributed by atoms with E-state index in [-0.39, 0.29) is 24.4 Å². The van der Waals surface area contributed by atoms with E-state index < -0.39 is 0 Å². The zero-order chi connectivity index (χ0) is 15.6. The molecular weight excluding hydrogens is 324 g/mol. The molecular formula is C18H27ClN4O. The molecule has 1 aromatic rings. The number of hydrogen-bond donors (Lipinski definition) is 3. The number of fused-ring (bicyclic) bond motifs is 1. The largest absolute Gasteiger partial charge is 0.342 e. The van der Waals surface area contributed by atoms with Crippen LogP contribution in [0.4, 0.5) is 0 Å². The van der Waals surface area contributed by atoms with Gasteiger partial charge in [0.1, 0.15) is 0 Å². The van der Waals surface area contributed by atoms with Gasteiger partial charge in [-0.15, -0.1) is 12.4 Å². The standard InChI is InChI=1S/C18H26N4O.ClH/c23-18(22-8-6-14-10-19-11-15(14)7-9-22)16-12-20-21-17(16)13-4-2-1-3-5-13;/h1-5,14-17,19-21H,6-12H2;1H/t14-,15+,16?,17?;. The van der Waals surface area contributed by atoms with Gasteiger partial charge < -0.3 is 10.2 Å². The van der Waals surface area contributed by atoms with Gasteiger partial charge in [-0.25, -0.2) is 5.43 Å². The smallest absolute Gasteiger partial charge is 0.229 e. The highest BCUT2D eigenvalue weighted by molar-refractivity contribution is 5.85. The third-order valence-corrected chi connectivity index (χ3v) is 5.79. The molecule has 1 amide bonds. The number of carbonyl (C=O) groups excluding carboxylic acids is 1. The topological polar surface area (TPSA) is 56.4 Å². The van der Waals surface area contributed by atoms with Crippen molar-refractivity contribution in [3.63, 3.8) is 0 Å². The monoisotopic (exact) mass is 350 g/mol. The van der Waals surface area contributed by atoms with Crippen LogP contribution >= 0.6 is 12.4 Å². The van der Waals surface area contributed by atoms with Gasteiger partial charge in [0.15, 0.2) is 0 Å². The van der Waals surface area contributed by atoms with Gasteiger partial charge >= 0.3 is 0 Å². The summed E-state index contributed by atoms with van der Waals surface area (Å²) in [6, 6.07) is 10.4. The number of rotatable bonds is 2. The molecule has 0 spiro atoms. The molecule has 0 saturated carbocycles. The molecule has 0 aromatic heterocycles. The van der Waals surface area contributed by atoms with Crippen LogP contribution in [0.2, 0.25) is 0 Å². The average Bonchev–Trinajstić information content (AvgIpc) is 3.21. The Bertz CT molecular complexity index is 541. The fraction of sp³-hybridized carbons (Fsp3) is 0.611. The van der Waals surface area contributed by atoms with Gasteiger partial charge in [-0.1, -0.05) is 30.3 Å². The van der Waals surface area contributed by atoms with Crippen LogP contribution in [0.25, 0.3) is 0 Å². The highest BCUT2D eigenvalue weighted by Crippen LogP contribution is 2.30. The fourth-order valence-corrected chi connectivity index (χ4v) is 4.38. The first-order valence-corrected chi connectivity index (χ1v) is 8.86. The van der Waals surface area contributed by atoms with Crippen molar-refractivity contribution < 1.29 is 4.79 Å². The van der Waals surface area contributed by atoms with Gasteiger partial charge in [0.05, 0.1) is 12.0 Å². The molecule has 3 N–H and O–H groups in total. The summed E-state index contributed by atoms with van der Waals surface area (Å²) in [6.45, 7) is 4.81. The van der Waals surface area contributed by atoms with Crippen LogP contribution in [0.15, 0.2) is 30.3 Å². The summed E-state index contributed by atoms with van der Waals surface area (Å²) in [4.78, 5) is 15.2. The first kappa shape index (κ1) is 17.7. The van der Waals surface area contributed by atoms with Crippen molar-refractivity contribution in [3.8, 4) is 0 Å². The van der Waals surface area contributed by atoms with E-state index in [0.717, 1.165) is 50.9 Å². The maximum Gasteiger partial charge on any atom is 0.229 e. The number of benzene rings is 1. The molecule has 4 atom stereocenters. The summed E-state index contributed by atoms with van der Waals surface area (Å²) in [5.41, 5.74) is 7.67. The highest BCUT2D eigenvalue weighted by Gasteiger charge is 2.38. The van der Waals surface area contributed by atoms with E-state index in [1.165, 1.54) is 5.56 Å². The predicted molar refractivity (Wildman–Crippen MR) is 96.7 cm³/mol. The van der Waals surface area contributed by atoms with Crippen molar-refractivity contribution in [1.82, 2.24) is 21.1 Å². The lowest BCUT2D eigenvalue weighted by molar-refractivity contribution is -0.135. The third kappa shape index (κ3) is 3.45. The quantitative estimate of drug-likeness (QED) is 0.753. The van der Waals surface area contributed by atoms with Crippen molar-refractivity contribution >= 4 is 18.3 Å². The van der Waals surface area contributed by atoms with Crippen LogP contribution in [0.5, 0.6) is 0 Å².